The molecule has 0 aromatic carbocycles. The molecule has 0 aliphatic carbocycles. The number of ether oxygens (including phenoxy) is 1. The van der Waals surface area contributed by atoms with E-state index in [4.69, 9.17) is 0 Å². The van der Waals surface area contributed by atoms with Crippen LogP contribution in [-0.2, 0) is 11.3 Å². The maximum Gasteiger partial charge on any atom is 0.354 e. The highest BCUT2D eigenvalue weighted by Gasteiger charge is 2.13. The van der Waals surface area contributed by atoms with Crippen molar-refractivity contribution < 1.29 is 9.53 Å². The number of nitrogens with zero attached hydrogens (tertiary/aromatic N) is 1. The Morgan fingerprint density at radius 2 is 2.15 bits per heavy atom. The van der Waals surface area contributed by atoms with E-state index in [0.29, 0.717) is 11.7 Å². The zero-order valence-electron chi connectivity index (χ0n) is 12.4. The van der Waals surface area contributed by atoms with Crippen LogP contribution in [0.15, 0.2) is 12.1 Å². The fourth-order valence-electron chi connectivity index (χ4n) is 2.65. The number of carbonyl (C=O) groups is 1. The summed E-state index contributed by atoms with van der Waals surface area (Å²) in [5.41, 5.74) is 1.52. The standard InChI is InChI=1S/C15H25N3O2/c1-12(11-18-8-4-3-5-9-18)16-10-13-6-7-14(17-13)15(19)20-2/h6-7,12,16-17H,3-5,8-11H2,1-2H3. The Labute approximate surface area is 120 Å². The third kappa shape index (κ3) is 4.35. The highest BCUT2D eigenvalue weighted by atomic mass is 16.5. The summed E-state index contributed by atoms with van der Waals surface area (Å²) >= 11 is 0. The van der Waals surface area contributed by atoms with Crippen molar-refractivity contribution in [2.75, 3.05) is 26.7 Å². The van der Waals surface area contributed by atoms with E-state index in [1.54, 1.807) is 6.07 Å². The van der Waals surface area contributed by atoms with Crippen LogP contribution < -0.4 is 5.32 Å². The van der Waals surface area contributed by atoms with E-state index in [1.165, 1.54) is 39.5 Å². The van der Waals surface area contributed by atoms with Gasteiger partial charge in [0.2, 0.25) is 0 Å². The Hall–Kier alpha value is -1.33. The average Bonchev–Trinajstić information content (AvgIpc) is 2.94. The fraction of sp³-hybridized carbons (Fsp3) is 0.667. The molecule has 1 saturated heterocycles. The smallest absolute Gasteiger partial charge is 0.354 e. The van der Waals surface area contributed by atoms with Crippen molar-refractivity contribution in [3.8, 4) is 0 Å². The summed E-state index contributed by atoms with van der Waals surface area (Å²) in [6.07, 6.45) is 4.02. The molecule has 5 heteroatoms. The summed E-state index contributed by atoms with van der Waals surface area (Å²) in [5.74, 6) is -0.322. The molecule has 2 heterocycles. The van der Waals surface area contributed by atoms with Gasteiger partial charge in [0.15, 0.2) is 0 Å². The molecule has 1 aromatic rings. The van der Waals surface area contributed by atoms with Gasteiger partial charge in [-0.05, 0) is 45.0 Å². The molecule has 1 aromatic heterocycles. The normalized spacial score (nSPS) is 17.9. The van der Waals surface area contributed by atoms with Crippen LogP contribution in [0.1, 0.15) is 42.4 Å². The maximum absolute atomic E-state index is 11.3. The second kappa shape index (κ2) is 7.45. The van der Waals surface area contributed by atoms with Gasteiger partial charge in [-0.3, -0.25) is 0 Å². The highest BCUT2D eigenvalue weighted by molar-refractivity contribution is 5.87. The van der Waals surface area contributed by atoms with E-state index in [-0.39, 0.29) is 5.97 Å². The number of hydrogen-bond donors (Lipinski definition) is 2. The zero-order chi connectivity index (χ0) is 14.4. The number of hydrogen-bond acceptors (Lipinski definition) is 4. The second-order valence-corrected chi connectivity index (χ2v) is 5.53. The van der Waals surface area contributed by atoms with Crippen LogP contribution in [0.2, 0.25) is 0 Å². The SMILES string of the molecule is COC(=O)c1ccc(CNC(C)CN2CCCCC2)[nH]1. The number of rotatable bonds is 6. The number of carbonyl (C=O) groups excluding carboxylic acids is 1. The maximum atomic E-state index is 11.3. The van der Waals surface area contributed by atoms with Gasteiger partial charge in [-0.1, -0.05) is 6.42 Å². The van der Waals surface area contributed by atoms with Crippen molar-refractivity contribution in [1.82, 2.24) is 15.2 Å². The van der Waals surface area contributed by atoms with E-state index < -0.39 is 0 Å². The predicted octanol–water partition coefficient (Wildman–Crippen LogP) is 1.77. The van der Waals surface area contributed by atoms with Crippen molar-refractivity contribution in [2.24, 2.45) is 0 Å². The molecule has 2 rings (SSSR count). The molecule has 112 valence electrons. The lowest BCUT2D eigenvalue weighted by molar-refractivity contribution is 0.0594. The van der Waals surface area contributed by atoms with Crippen LogP contribution in [0, 0.1) is 0 Å². The molecule has 1 aliphatic rings. The lowest BCUT2D eigenvalue weighted by atomic mass is 10.1. The van der Waals surface area contributed by atoms with E-state index in [9.17, 15) is 4.79 Å². The monoisotopic (exact) mass is 279 g/mol. The minimum atomic E-state index is -0.322. The number of aromatic amines is 1. The van der Waals surface area contributed by atoms with E-state index >= 15 is 0 Å². The Bertz CT molecular complexity index is 425. The van der Waals surface area contributed by atoms with Crippen LogP contribution >= 0.6 is 0 Å². The highest BCUT2D eigenvalue weighted by Crippen LogP contribution is 2.09. The molecule has 0 bridgehead atoms. The minimum Gasteiger partial charge on any atom is -0.464 e. The van der Waals surface area contributed by atoms with Gasteiger partial charge in [0.05, 0.1) is 7.11 Å². The van der Waals surface area contributed by atoms with Gasteiger partial charge in [0.25, 0.3) is 0 Å². The van der Waals surface area contributed by atoms with Crippen molar-refractivity contribution in [3.63, 3.8) is 0 Å². The van der Waals surface area contributed by atoms with Gasteiger partial charge in [0.1, 0.15) is 5.69 Å². The summed E-state index contributed by atoms with van der Waals surface area (Å²) < 4.78 is 4.68. The Morgan fingerprint density at radius 1 is 1.40 bits per heavy atom. The van der Waals surface area contributed by atoms with E-state index in [1.807, 2.05) is 6.07 Å². The van der Waals surface area contributed by atoms with Crippen molar-refractivity contribution in [3.05, 3.63) is 23.5 Å². The number of aromatic nitrogens is 1. The molecular weight excluding hydrogens is 254 g/mol. The number of H-pyrrole nitrogens is 1. The Kier molecular flexibility index (Phi) is 5.61. The van der Waals surface area contributed by atoms with Gasteiger partial charge in [-0.15, -0.1) is 0 Å². The Morgan fingerprint density at radius 3 is 2.85 bits per heavy atom. The van der Waals surface area contributed by atoms with E-state index in [2.05, 4.69) is 26.9 Å². The topological polar surface area (TPSA) is 57.4 Å². The summed E-state index contributed by atoms with van der Waals surface area (Å²) in [5, 5.41) is 3.49. The molecule has 1 fully saturated rings. The molecule has 0 amide bonds. The summed E-state index contributed by atoms with van der Waals surface area (Å²) in [4.78, 5) is 16.9. The number of esters is 1. The number of piperidine rings is 1. The molecule has 1 aliphatic heterocycles. The largest absolute Gasteiger partial charge is 0.464 e. The lowest BCUT2D eigenvalue weighted by Gasteiger charge is -2.29. The quantitative estimate of drug-likeness (QED) is 0.779. The minimum absolute atomic E-state index is 0.322. The summed E-state index contributed by atoms with van der Waals surface area (Å²) in [6.45, 7) is 6.48. The first kappa shape index (κ1) is 15.1. The average molecular weight is 279 g/mol. The molecular formula is C15H25N3O2. The third-order valence-corrected chi connectivity index (χ3v) is 3.77. The Balaban J connectivity index is 1.73. The molecule has 0 radical (unpaired) electrons. The van der Waals surface area contributed by atoms with Crippen molar-refractivity contribution >= 4 is 5.97 Å². The molecule has 2 N–H and O–H groups in total. The number of nitrogens with one attached hydrogen (secondary N) is 2. The molecule has 1 unspecified atom stereocenters. The molecule has 5 nitrogen and oxygen atoms in total. The van der Waals surface area contributed by atoms with Gasteiger partial charge >= 0.3 is 5.97 Å². The molecule has 0 spiro atoms. The van der Waals surface area contributed by atoms with Crippen LogP contribution in [-0.4, -0.2) is 48.6 Å². The summed E-state index contributed by atoms with van der Waals surface area (Å²) in [7, 11) is 1.39. The molecule has 20 heavy (non-hydrogen) atoms. The zero-order valence-corrected chi connectivity index (χ0v) is 12.4. The van der Waals surface area contributed by atoms with Gasteiger partial charge in [0, 0.05) is 24.8 Å². The first-order valence-electron chi connectivity index (χ1n) is 7.41. The van der Waals surface area contributed by atoms with Crippen molar-refractivity contribution in [2.45, 2.75) is 38.8 Å². The number of likely N-dealkylation sites (tertiary alicyclic amines) is 1. The van der Waals surface area contributed by atoms with Gasteiger partial charge < -0.3 is 19.9 Å². The van der Waals surface area contributed by atoms with Crippen LogP contribution in [0.25, 0.3) is 0 Å². The van der Waals surface area contributed by atoms with Crippen LogP contribution in [0.4, 0.5) is 0 Å². The summed E-state index contributed by atoms with van der Waals surface area (Å²) in [6, 6.07) is 4.13. The first-order chi connectivity index (χ1) is 9.69. The lowest BCUT2D eigenvalue weighted by Crippen LogP contribution is -2.41. The molecule has 0 saturated carbocycles. The van der Waals surface area contributed by atoms with Crippen LogP contribution in [0.3, 0.4) is 0 Å². The van der Waals surface area contributed by atoms with Crippen molar-refractivity contribution in [1.29, 1.82) is 0 Å². The number of methoxy groups -OCH3 is 1. The predicted molar refractivity (Wildman–Crippen MR) is 78.7 cm³/mol. The third-order valence-electron chi connectivity index (χ3n) is 3.77. The fourth-order valence-corrected chi connectivity index (χ4v) is 2.65. The van der Waals surface area contributed by atoms with Gasteiger partial charge in [-0.25, -0.2) is 4.79 Å². The molecule has 1 atom stereocenters. The van der Waals surface area contributed by atoms with E-state index in [0.717, 1.165) is 18.8 Å². The van der Waals surface area contributed by atoms with Gasteiger partial charge in [-0.2, -0.15) is 0 Å². The second-order valence-electron chi connectivity index (χ2n) is 5.53. The first-order valence-corrected chi connectivity index (χ1v) is 7.41. The van der Waals surface area contributed by atoms with Crippen LogP contribution in [0.5, 0.6) is 0 Å².